The number of piperidine rings is 1. The molecule has 1 saturated heterocycles. The maximum absolute atomic E-state index is 12.9. The number of halogens is 1. The number of nitrogens with one attached hydrogen (secondary N) is 1. The third-order valence-electron chi connectivity index (χ3n) is 4.94. The first-order valence-electron chi connectivity index (χ1n) is 8.37. The first-order valence-corrected chi connectivity index (χ1v) is 8.74. The van der Waals surface area contributed by atoms with E-state index >= 15 is 0 Å². The summed E-state index contributed by atoms with van der Waals surface area (Å²) in [6, 6.07) is 15.8. The van der Waals surface area contributed by atoms with Gasteiger partial charge in [-0.1, -0.05) is 35.9 Å². The fourth-order valence-electron chi connectivity index (χ4n) is 3.58. The summed E-state index contributed by atoms with van der Waals surface area (Å²) in [7, 11) is 1.91. The van der Waals surface area contributed by atoms with Crippen molar-refractivity contribution in [3.05, 3.63) is 70.2 Å². The summed E-state index contributed by atoms with van der Waals surface area (Å²) in [6.07, 6.45) is 0.953. The molecule has 0 bridgehead atoms. The van der Waals surface area contributed by atoms with E-state index in [9.17, 15) is 4.79 Å². The van der Waals surface area contributed by atoms with Crippen molar-refractivity contribution < 1.29 is 4.79 Å². The molecule has 0 saturated carbocycles. The van der Waals surface area contributed by atoms with Gasteiger partial charge in [-0.15, -0.1) is 0 Å². The molecule has 1 aliphatic heterocycles. The van der Waals surface area contributed by atoms with Gasteiger partial charge in [0.05, 0.1) is 0 Å². The van der Waals surface area contributed by atoms with Gasteiger partial charge >= 0.3 is 0 Å². The molecule has 2 aromatic rings. The smallest absolute Gasteiger partial charge is 0.253 e. The van der Waals surface area contributed by atoms with Crippen molar-refractivity contribution in [2.45, 2.75) is 25.3 Å². The van der Waals surface area contributed by atoms with Gasteiger partial charge < -0.3 is 10.2 Å². The van der Waals surface area contributed by atoms with Gasteiger partial charge in [0.25, 0.3) is 5.91 Å². The highest BCUT2D eigenvalue weighted by molar-refractivity contribution is 6.30. The van der Waals surface area contributed by atoms with Crippen molar-refractivity contribution >= 4 is 17.5 Å². The number of benzene rings is 2. The molecule has 0 aliphatic carbocycles. The maximum atomic E-state index is 12.9. The number of hydrogen-bond acceptors (Lipinski definition) is 2. The first-order chi connectivity index (χ1) is 11.6. The van der Waals surface area contributed by atoms with Crippen LogP contribution in [0, 0.1) is 6.92 Å². The van der Waals surface area contributed by atoms with Gasteiger partial charge in [0, 0.05) is 36.1 Å². The molecule has 0 unspecified atom stereocenters. The summed E-state index contributed by atoms with van der Waals surface area (Å²) in [5, 5.41) is 4.12. The lowest BCUT2D eigenvalue weighted by molar-refractivity contribution is 0.0679. The van der Waals surface area contributed by atoms with E-state index in [4.69, 9.17) is 11.6 Å². The number of carbonyl (C=O) groups excluding carboxylic acids is 1. The zero-order chi connectivity index (χ0) is 17.1. The van der Waals surface area contributed by atoms with Gasteiger partial charge in [0.15, 0.2) is 0 Å². The topological polar surface area (TPSA) is 32.3 Å². The molecule has 3 nitrogen and oxygen atoms in total. The summed E-state index contributed by atoms with van der Waals surface area (Å²) >= 11 is 5.93. The Morgan fingerprint density at radius 1 is 1.17 bits per heavy atom. The van der Waals surface area contributed by atoms with E-state index in [1.54, 1.807) is 24.3 Å². The maximum Gasteiger partial charge on any atom is 0.253 e. The second-order valence-electron chi connectivity index (χ2n) is 6.45. The molecule has 1 N–H and O–H groups in total. The van der Waals surface area contributed by atoms with Crippen LogP contribution in [-0.4, -0.2) is 37.0 Å². The van der Waals surface area contributed by atoms with Crippen molar-refractivity contribution in [3.8, 4) is 0 Å². The molecule has 4 heteroatoms. The largest absolute Gasteiger partial charge is 0.338 e. The quantitative estimate of drug-likeness (QED) is 0.918. The molecular formula is C20H23ClN2O. The SMILES string of the molecule is Cc1ccccc1[C@@H]1CNCC[C@H]1N(C)C(=O)c1ccc(Cl)cc1. The van der Waals surface area contributed by atoms with Crippen molar-refractivity contribution in [2.75, 3.05) is 20.1 Å². The molecular weight excluding hydrogens is 320 g/mol. The van der Waals surface area contributed by atoms with E-state index in [2.05, 4.69) is 36.5 Å². The number of aryl methyl sites for hydroxylation is 1. The van der Waals surface area contributed by atoms with Crippen LogP contribution in [0.3, 0.4) is 0 Å². The van der Waals surface area contributed by atoms with Gasteiger partial charge in [0.2, 0.25) is 0 Å². The van der Waals surface area contributed by atoms with Crippen molar-refractivity contribution in [2.24, 2.45) is 0 Å². The monoisotopic (exact) mass is 342 g/mol. The van der Waals surface area contributed by atoms with E-state index < -0.39 is 0 Å². The molecule has 1 aliphatic rings. The Morgan fingerprint density at radius 3 is 2.58 bits per heavy atom. The van der Waals surface area contributed by atoms with Gasteiger partial charge in [0.1, 0.15) is 0 Å². The molecule has 0 spiro atoms. The standard InChI is InChI=1S/C20H23ClN2O/c1-14-5-3-4-6-17(14)18-13-22-12-11-19(18)23(2)20(24)15-7-9-16(21)10-8-15/h3-10,18-19,22H,11-13H2,1-2H3/t18-,19+/m0/s1. The number of likely N-dealkylation sites (N-methyl/N-ethyl adjacent to an activating group) is 1. The third kappa shape index (κ3) is 3.47. The van der Waals surface area contributed by atoms with E-state index in [1.165, 1.54) is 11.1 Å². The summed E-state index contributed by atoms with van der Waals surface area (Å²) in [5.74, 6) is 0.360. The Kier molecular flexibility index (Phi) is 5.22. The van der Waals surface area contributed by atoms with Crippen molar-refractivity contribution in [1.29, 1.82) is 0 Å². The Morgan fingerprint density at radius 2 is 1.88 bits per heavy atom. The molecule has 2 aromatic carbocycles. The third-order valence-corrected chi connectivity index (χ3v) is 5.19. The minimum Gasteiger partial charge on any atom is -0.338 e. The highest BCUT2D eigenvalue weighted by Gasteiger charge is 2.32. The fourth-order valence-corrected chi connectivity index (χ4v) is 3.70. The first kappa shape index (κ1) is 17.0. The van der Waals surface area contributed by atoms with Crippen molar-refractivity contribution in [3.63, 3.8) is 0 Å². The molecule has 0 radical (unpaired) electrons. The molecule has 2 atom stereocenters. The molecule has 1 heterocycles. The predicted octanol–water partition coefficient (Wildman–Crippen LogP) is 3.87. The van der Waals surface area contributed by atoms with Crippen molar-refractivity contribution in [1.82, 2.24) is 10.2 Å². The zero-order valence-electron chi connectivity index (χ0n) is 14.1. The van der Waals surface area contributed by atoms with E-state index in [0.717, 1.165) is 19.5 Å². The minimum absolute atomic E-state index is 0.0529. The van der Waals surface area contributed by atoms with Gasteiger partial charge in [-0.05, 0) is 55.3 Å². The number of carbonyl (C=O) groups is 1. The highest BCUT2D eigenvalue weighted by atomic mass is 35.5. The molecule has 0 aromatic heterocycles. The Hall–Kier alpha value is -1.84. The minimum atomic E-state index is 0.0529. The molecule has 1 fully saturated rings. The van der Waals surface area contributed by atoms with Crippen LogP contribution in [0.4, 0.5) is 0 Å². The van der Waals surface area contributed by atoms with Gasteiger partial charge in [-0.25, -0.2) is 0 Å². The number of rotatable bonds is 3. The molecule has 24 heavy (non-hydrogen) atoms. The Balaban J connectivity index is 1.86. The molecule has 3 rings (SSSR count). The zero-order valence-corrected chi connectivity index (χ0v) is 14.9. The normalized spacial score (nSPS) is 20.6. The number of amides is 1. The van der Waals surface area contributed by atoms with Crippen LogP contribution in [-0.2, 0) is 0 Å². The summed E-state index contributed by atoms with van der Waals surface area (Å²) in [4.78, 5) is 14.8. The number of nitrogens with zero attached hydrogens (tertiary/aromatic N) is 1. The van der Waals surface area contributed by atoms with E-state index in [0.29, 0.717) is 16.5 Å². The van der Waals surface area contributed by atoms with Gasteiger partial charge in [-0.2, -0.15) is 0 Å². The lowest BCUT2D eigenvalue weighted by Crippen LogP contribution is -2.49. The summed E-state index contributed by atoms with van der Waals surface area (Å²) < 4.78 is 0. The lowest BCUT2D eigenvalue weighted by Gasteiger charge is -2.39. The highest BCUT2D eigenvalue weighted by Crippen LogP contribution is 2.30. The second kappa shape index (κ2) is 7.37. The van der Waals surface area contributed by atoms with Crippen LogP contribution >= 0.6 is 11.6 Å². The summed E-state index contributed by atoms with van der Waals surface area (Å²) in [5.41, 5.74) is 3.29. The van der Waals surface area contributed by atoms with Crippen LogP contribution in [0.25, 0.3) is 0 Å². The average molecular weight is 343 g/mol. The Labute approximate surface area is 148 Å². The van der Waals surface area contributed by atoms with Crippen LogP contribution in [0.5, 0.6) is 0 Å². The molecule has 126 valence electrons. The van der Waals surface area contributed by atoms with Crippen LogP contribution < -0.4 is 5.32 Å². The second-order valence-corrected chi connectivity index (χ2v) is 6.88. The predicted molar refractivity (Wildman–Crippen MR) is 98.7 cm³/mol. The van der Waals surface area contributed by atoms with Crippen LogP contribution in [0.15, 0.2) is 48.5 Å². The summed E-state index contributed by atoms with van der Waals surface area (Å²) in [6.45, 7) is 3.97. The van der Waals surface area contributed by atoms with Gasteiger partial charge in [-0.3, -0.25) is 4.79 Å². The lowest BCUT2D eigenvalue weighted by atomic mass is 9.83. The van der Waals surface area contributed by atoms with Crippen LogP contribution in [0.1, 0.15) is 33.8 Å². The molecule has 1 amide bonds. The van der Waals surface area contributed by atoms with Crippen LogP contribution in [0.2, 0.25) is 5.02 Å². The number of hydrogen-bond donors (Lipinski definition) is 1. The average Bonchev–Trinajstić information content (AvgIpc) is 2.62. The fraction of sp³-hybridized carbons (Fsp3) is 0.350. The van der Waals surface area contributed by atoms with E-state index in [-0.39, 0.29) is 11.9 Å². The van der Waals surface area contributed by atoms with E-state index in [1.807, 2.05) is 11.9 Å². The Bertz CT molecular complexity index is 714.